The molecule has 0 aromatic rings. The Morgan fingerprint density at radius 1 is 1.20 bits per heavy atom. The van der Waals surface area contributed by atoms with Gasteiger partial charge in [-0.3, -0.25) is 0 Å². The summed E-state index contributed by atoms with van der Waals surface area (Å²) in [4.78, 5) is 10.5. The molecular weight excluding hydrogens is 140 g/mol. The Balaban J connectivity index is 2.84. The number of hydrogen-bond donors (Lipinski definition) is 0. The number of unbranched alkanes of at least 4 members (excludes halogenated alkanes) is 4. The molecule has 2 heteroatoms. The van der Waals surface area contributed by atoms with Gasteiger partial charge in [-0.1, -0.05) is 32.6 Å². The summed E-state index contributed by atoms with van der Waals surface area (Å²) in [6.07, 6.45) is 7.15. The van der Waals surface area contributed by atoms with Gasteiger partial charge in [-0.2, -0.15) is 0 Å². The maximum Gasteiger partial charge on any atom is 0.100 e. The molecule has 0 bridgehead atoms. The molecule has 0 saturated carbocycles. The Morgan fingerprint density at radius 2 is 1.80 bits per heavy atom. The number of carbonyl (C=O) groups excluding carboxylic acids is 1. The van der Waals surface area contributed by atoms with Gasteiger partial charge in [0.15, 0.2) is 0 Å². The van der Waals surface area contributed by atoms with Crippen LogP contribution in [0.3, 0.4) is 0 Å². The maximum atomic E-state index is 10.5. The van der Waals surface area contributed by atoms with Crippen molar-refractivity contribution in [3.8, 4) is 0 Å². The summed E-state index contributed by atoms with van der Waals surface area (Å²) < 4.78 is 0. The van der Waals surface area contributed by atoms with Crippen molar-refractivity contribution in [1.29, 1.82) is 0 Å². The molecule has 60 valence electrons. The van der Waals surface area contributed by atoms with Gasteiger partial charge < -0.3 is 4.79 Å². The third-order valence-electron chi connectivity index (χ3n) is 1.63. The number of hydrogen-bond acceptors (Lipinski definition) is 1. The van der Waals surface area contributed by atoms with Gasteiger partial charge in [0.25, 0.3) is 0 Å². The summed E-state index contributed by atoms with van der Waals surface area (Å²) >= 11 is 0. The summed E-state index contributed by atoms with van der Waals surface area (Å²) in [5.41, 5.74) is 0. The minimum absolute atomic E-state index is 0.469. The van der Waals surface area contributed by atoms with Crippen molar-refractivity contribution < 1.29 is 4.79 Å². The zero-order valence-corrected chi connectivity index (χ0v) is 9.15. The second kappa shape index (κ2) is 7.00. The average Bonchev–Trinajstić information content (AvgIpc) is 1.87. The van der Waals surface area contributed by atoms with E-state index in [9.17, 15) is 4.79 Å². The maximum absolute atomic E-state index is 10.5. The van der Waals surface area contributed by atoms with Crippen molar-refractivity contribution in [1.82, 2.24) is 0 Å². The van der Waals surface area contributed by atoms with Crippen LogP contribution in [0.2, 0.25) is 0 Å². The van der Waals surface area contributed by atoms with Gasteiger partial charge in [-0.15, -0.1) is 0 Å². The van der Waals surface area contributed by atoms with E-state index in [1.807, 2.05) is 0 Å². The van der Waals surface area contributed by atoms with E-state index in [1.54, 1.807) is 0 Å². The zero-order valence-electron chi connectivity index (χ0n) is 7.15. The molecule has 0 aliphatic rings. The molecular formula is C8H18OSi. The zero-order chi connectivity index (χ0) is 7.82. The molecule has 0 radical (unpaired) electrons. The minimum atomic E-state index is 0.469. The molecule has 0 aliphatic heterocycles. The number of carbonyl (C=O) groups is 1. The lowest BCUT2D eigenvalue weighted by Gasteiger charge is -1.96. The summed E-state index contributed by atoms with van der Waals surface area (Å²) in [5, 5.41) is 0.469. The van der Waals surface area contributed by atoms with Crippen LogP contribution in [0.15, 0.2) is 0 Å². The molecule has 0 atom stereocenters. The lowest BCUT2D eigenvalue weighted by atomic mass is 10.1. The summed E-state index contributed by atoms with van der Waals surface area (Å²) in [5.74, 6) is 0. The van der Waals surface area contributed by atoms with E-state index in [0.29, 0.717) is 5.41 Å². The molecule has 10 heavy (non-hydrogen) atoms. The van der Waals surface area contributed by atoms with Crippen LogP contribution in [-0.2, 0) is 4.79 Å². The molecule has 0 aliphatic carbocycles. The van der Waals surface area contributed by atoms with Crippen LogP contribution < -0.4 is 0 Å². The fourth-order valence-corrected chi connectivity index (χ4v) is 1.33. The summed E-state index contributed by atoms with van der Waals surface area (Å²) in [7, 11) is 0.749. The highest BCUT2D eigenvalue weighted by atomic mass is 28.1. The van der Waals surface area contributed by atoms with Crippen LogP contribution in [0.25, 0.3) is 0 Å². The Kier molecular flexibility index (Phi) is 6.92. The fourth-order valence-electron chi connectivity index (χ4n) is 0.977. The first-order chi connectivity index (χ1) is 4.77. The molecule has 0 saturated heterocycles. The minimum Gasteiger partial charge on any atom is -0.307 e. The van der Waals surface area contributed by atoms with E-state index >= 15 is 0 Å². The normalized spacial score (nSPS) is 10.1. The predicted octanol–water partition coefficient (Wildman–Crippen LogP) is 1.24. The van der Waals surface area contributed by atoms with Gasteiger partial charge in [0.2, 0.25) is 0 Å². The van der Waals surface area contributed by atoms with Crippen molar-refractivity contribution in [2.24, 2.45) is 0 Å². The molecule has 0 aromatic carbocycles. The summed E-state index contributed by atoms with van der Waals surface area (Å²) in [6, 6.07) is 0. The molecule has 0 amide bonds. The largest absolute Gasteiger partial charge is 0.307 e. The molecule has 1 nitrogen and oxygen atoms in total. The van der Waals surface area contributed by atoms with Crippen LogP contribution in [0, 0.1) is 0 Å². The highest BCUT2D eigenvalue weighted by molar-refractivity contribution is 6.57. The Labute approximate surface area is 66.6 Å². The van der Waals surface area contributed by atoms with Crippen molar-refractivity contribution in [3.05, 3.63) is 0 Å². The van der Waals surface area contributed by atoms with E-state index in [2.05, 4.69) is 6.92 Å². The van der Waals surface area contributed by atoms with Gasteiger partial charge in [0.1, 0.15) is 5.41 Å². The van der Waals surface area contributed by atoms with Crippen LogP contribution in [0.1, 0.15) is 45.4 Å². The molecule has 0 fully saturated rings. The van der Waals surface area contributed by atoms with Crippen molar-refractivity contribution in [2.75, 3.05) is 0 Å². The first-order valence-corrected chi connectivity index (χ1v) is 5.26. The van der Waals surface area contributed by atoms with Gasteiger partial charge >= 0.3 is 0 Å². The average molecular weight is 158 g/mol. The quantitative estimate of drug-likeness (QED) is 0.420. The lowest BCUT2D eigenvalue weighted by molar-refractivity contribution is -0.111. The second-order valence-electron chi connectivity index (χ2n) is 2.87. The standard InChI is InChI=1S/C8H18OSi/c1-2-3-4-5-6-7-8(9)10/h2-7H2,1,10H3. The fraction of sp³-hybridized carbons (Fsp3) is 0.875. The van der Waals surface area contributed by atoms with Crippen molar-refractivity contribution in [2.45, 2.75) is 45.4 Å². The lowest BCUT2D eigenvalue weighted by Crippen LogP contribution is -1.94. The van der Waals surface area contributed by atoms with E-state index < -0.39 is 0 Å². The molecule has 0 spiro atoms. The number of rotatable bonds is 6. The van der Waals surface area contributed by atoms with Crippen LogP contribution >= 0.6 is 0 Å². The van der Waals surface area contributed by atoms with E-state index in [-0.39, 0.29) is 0 Å². The van der Waals surface area contributed by atoms with Gasteiger partial charge in [0, 0.05) is 6.42 Å². The van der Waals surface area contributed by atoms with Gasteiger partial charge in [-0.25, -0.2) is 0 Å². The first-order valence-electron chi connectivity index (χ1n) is 4.26. The van der Waals surface area contributed by atoms with Crippen LogP contribution in [-0.4, -0.2) is 15.6 Å². The third-order valence-corrected chi connectivity index (χ3v) is 2.13. The molecule has 0 rings (SSSR count). The molecule has 0 aromatic heterocycles. The predicted molar refractivity (Wildman–Crippen MR) is 48.3 cm³/mol. The molecule has 0 N–H and O–H groups in total. The smallest absolute Gasteiger partial charge is 0.100 e. The second-order valence-corrected chi connectivity index (χ2v) is 3.98. The van der Waals surface area contributed by atoms with Crippen molar-refractivity contribution in [3.63, 3.8) is 0 Å². The summed E-state index contributed by atoms with van der Waals surface area (Å²) in [6.45, 7) is 2.21. The van der Waals surface area contributed by atoms with Crippen LogP contribution in [0.5, 0.6) is 0 Å². The monoisotopic (exact) mass is 158 g/mol. The van der Waals surface area contributed by atoms with E-state index in [4.69, 9.17) is 0 Å². The highest BCUT2D eigenvalue weighted by Crippen LogP contribution is 2.04. The Morgan fingerprint density at radius 3 is 2.30 bits per heavy atom. The molecule has 0 unspecified atom stereocenters. The Hall–Kier alpha value is -0.113. The first kappa shape index (κ1) is 9.89. The topological polar surface area (TPSA) is 17.1 Å². The van der Waals surface area contributed by atoms with E-state index in [0.717, 1.165) is 23.1 Å². The highest BCUT2D eigenvalue weighted by Gasteiger charge is 1.92. The van der Waals surface area contributed by atoms with E-state index in [1.165, 1.54) is 25.7 Å². The molecule has 0 heterocycles. The SMILES string of the molecule is CCCCCCCC(=O)[SiH3]. The Bertz CT molecular complexity index is 91.3. The third kappa shape index (κ3) is 7.89. The van der Waals surface area contributed by atoms with Crippen LogP contribution in [0.4, 0.5) is 0 Å². The van der Waals surface area contributed by atoms with Gasteiger partial charge in [0.05, 0.1) is 10.2 Å². The van der Waals surface area contributed by atoms with Gasteiger partial charge in [-0.05, 0) is 6.42 Å². The van der Waals surface area contributed by atoms with Crippen molar-refractivity contribution >= 4 is 15.6 Å².